The second-order valence-corrected chi connectivity index (χ2v) is 5.38. The SMILES string of the molecule is C=C(C)C(=O)c1ccc2c(c1C)C(=O)CCS2. The average Bonchev–Trinajstić information content (AvgIpc) is 2.28. The van der Waals surface area contributed by atoms with Crippen LogP contribution in [0.4, 0.5) is 0 Å². The van der Waals surface area contributed by atoms with Crippen LogP contribution in [0.15, 0.2) is 29.2 Å². The zero-order chi connectivity index (χ0) is 12.6. The number of Topliss-reactive ketones (excluding diaryl/α,β-unsaturated/α-hetero) is 2. The molecule has 1 heterocycles. The Morgan fingerprint density at radius 2 is 2.12 bits per heavy atom. The molecule has 1 aliphatic heterocycles. The summed E-state index contributed by atoms with van der Waals surface area (Å²) in [5.41, 5.74) is 2.64. The van der Waals surface area contributed by atoms with Crippen LogP contribution in [0.3, 0.4) is 0 Å². The van der Waals surface area contributed by atoms with E-state index in [9.17, 15) is 9.59 Å². The number of fused-ring (bicyclic) bond motifs is 1. The topological polar surface area (TPSA) is 34.1 Å². The maximum atomic E-state index is 11.9. The first-order chi connectivity index (χ1) is 8.02. The van der Waals surface area contributed by atoms with E-state index in [0.29, 0.717) is 17.6 Å². The molecule has 0 fully saturated rings. The highest BCUT2D eigenvalue weighted by atomic mass is 32.2. The first-order valence-electron chi connectivity index (χ1n) is 5.52. The van der Waals surface area contributed by atoms with Gasteiger partial charge in [-0.05, 0) is 37.1 Å². The Bertz CT molecular complexity index is 529. The Balaban J connectivity index is 2.59. The van der Waals surface area contributed by atoms with Crippen LogP contribution >= 0.6 is 11.8 Å². The van der Waals surface area contributed by atoms with Crippen molar-refractivity contribution in [1.82, 2.24) is 0 Å². The Morgan fingerprint density at radius 1 is 1.41 bits per heavy atom. The van der Waals surface area contributed by atoms with E-state index in [1.165, 1.54) is 0 Å². The molecule has 17 heavy (non-hydrogen) atoms. The van der Waals surface area contributed by atoms with Crippen molar-refractivity contribution in [2.75, 3.05) is 5.75 Å². The molecule has 1 aromatic carbocycles. The number of ketones is 2. The number of carbonyl (C=O) groups is 2. The summed E-state index contributed by atoms with van der Waals surface area (Å²) in [5.74, 6) is 0.903. The van der Waals surface area contributed by atoms with Crippen LogP contribution in [0, 0.1) is 6.92 Å². The van der Waals surface area contributed by atoms with E-state index in [0.717, 1.165) is 21.8 Å². The van der Waals surface area contributed by atoms with Gasteiger partial charge < -0.3 is 0 Å². The molecule has 1 aromatic rings. The molecule has 0 amide bonds. The lowest BCUT2D eigenvalue weighted by Gasteiger charge is -2.18. The fourth-order valence-corrected chi connectivity index (χ4v) is 3.09. The minimum absolute atomic E-state index is 0.0753. The van der Waals surface area contributed by atoms with Gasteiger partial charge >= 0.3 is 0 Å². The first kappa shape index (κ1) is 12.1. The second kappa shape index (κ2) is 4.49. The number of hydrogen-bond acceptors (Lipinski definition) is 3. The summed E-state index contributed by atoms with van der Waals surface area (Å²) in [4.78, 5) is 24.8. The number of allylic oxidation sites excluding steroid dienone is 1. The van der Waals surface area contributed by atoms with Gasteiger partial charge in [-0.15, -0.1) is 11.8 Å². The highest BCUT2D eigenvalue weighted by molar-refractivity contribution is 7.99. The fourth-order valence-electron chi connectivity index (χ4n) is 2.01. The number of hydrogen-bond donors (Lipinski definition) is 0. The van der Waals surface area contributed by atoms with E-state index in [4.69, 9.17) is 0 Å². The molecule has 0 aliphatic carbocycles. The molecule has 0 saturated carbocycles. The fraction of sp³-hybridized carbons (Fsp3) is 0.286. The van der Waals surface area contributed by atoms with Crippen LogP contribution in [0.1, 0.15) is 39.6 Å². The van der Waals surface area contributed by atoms with Gasteiger partial charge in [0.05, 0.1) is 0 Å². The molecule has 0 saturated heterocycles. The number of rotatable bonds is 2. The molecule has 0 N–H and O–H groups in total. The maximum absolute atomic E-state index is 11.9. The Hall–Kier alpha value is -1.35. The van der Waals surface area contributed by atoms with Crippen molar-refractivity contribution < 1.29 is 9.59 Å². The lowest BCUT2D eigenvalue weighted by atomic mass is 9.93. The zero-order valence-corrected chi connectivity index (χ0v) is 10.8. The van der Waals surface area contributed by atoms with Crippen LogP contribution < -0.4 is 0 Å². The number of benzene rings is 1. The van der Waals surface area contributed by atoms with Crippen LogP contribution in [-0.2, 0) is 0 Å². The molecule has 0 atom stereocenters. The smallest absolute Gasteiger partial charge is 0.188 e. The van der Waals surface area contributed by atoms with Gasteiger partial charge in [-0.3, -0.25) is 9.59 Å². The van der Waals surface area contributed by atoms with Gasteiger partial charge in [-0.1, -0.05) is 6.58 Å². The lowest BCUT2D eigenvalue weighted by molar-refractivity contribution is 0.0984. The van der Waals surface area contributed by atoms with Gasteiger partial charge in [0.2, 0.25) is 0 Å². The summed E-state index contributed by atoms with van der Waals surface area (Å²) in [6.45, 7) is 7.20. The zero-order valence-electron chi connectivity index (χ0n) is 10.0. The summed E-state index contributed by atoms with van der Waals surface area (Å²) in [7, 11) is 0. The van der Waals surface area contributed by atoms with Crippen molar-refractivity contribution in [2.45, 2.75) is 25.2 Å². The van der Waals surface area contributed by atoms with Gasteiger partial charge in [-0.25, -0.2) is 0 Å². The standard InChI is InChI=1S/C14H14O2S/c1-8(2)14(16)10-4-5-12-13(9(10)3)11(15)6-7-17-12/h4-5H,1,6-7H2,2-3H3. The van der Waals surface area contributed by atoms with Crippen molar-refractivity contribution in [3.63, 3.8) is 0 Å². The monoisotopic (exact) mass is 246 g/mol. The summed E-state index contributed by atoms with van der Waals surface area (Å²) in [6, 6.07) is 3.68. The van der Waals surface area contributed by atoms with E-state index in [-0.39, 0.29) is 11.6 Å². The molecule has 3 heteroatoms. The summed E-state index contributed by atoms with van der Waals surface area (Å²) in [5, 5.41) is 0. The largest absolute Gasteiger partial charge is 0.294 e. The third kappa shape index (κ3) is 2.07. The molecule has 0 aromatic heterocycles. The number of carbonyl (C=O) groups excluding carboxylic acids is 2. The van der Waals surface area contributed by atoms with Crippen molar-refractivity contribution >= 4 is 23.3 Å². The lowest BCUT2D eigenvalue weighted by Crippen LogP contribution is -2.13. The Labute approximate surface area is 105 Å². The van der Waals surface area contributed by atoms with E-state index in [1.54, 1.807) is 24.8 Å². The van der Waals surface area contributed by atoms with Gasteiger partial charge in [-0.2, -0.15) is 0 Å². The van der Waals surface area contributed by atoms with Gasteiger partial charge in [0.25, 0.3) is 0 Å². The summed E-state index contributed by atoms with van der Waals surface area (Å²) >= 11 is 1.68. The molecule has 0 bridgehead atoms. The van der Waals surface area contributed by atoms with Crippen LogP contribution in [-0.4, -0.2) is 17.3 Å². The minimum Gasteiger partial charge on any atom is -0.294 e. The molecular formula is C14H14O2S. The minimum atomic E-state index is -0.0753. The summed E-state index contributed by atoms with van der Waals surface area (Å²) in [6.07, 6.45) is 0.559. The predicted octanol–water partition coefficient (Wildman–Crippen LogP) is 3.43. The van der Waals surface area contributed by atoms with Gasteiger partial charge in [0.15, 0.2) is 11.6 Å². The van der Waals surface area contributed by atoms with E-state index >= 15 is 0 Å². The van der Waals surface area contributed by atoms with Crippen LogP contribution in [0.25, 0.3) is 0 Å². The Kier molecular flexibility index (Phi) is 3.20. The molecule has 2 nitrogen and oxygen atoms in total. The molecule has 1 aliphatic rings. The predicted molar refractivity (Wildman–Crippen MR) is 70.0 cm³/mol. The third-order valence-electron chi connectivity index (χ3n) is 2.92. The first-order valence-corrected chi connectivity index (χ1v) is 6.50. The maximum Gasteiger partial charge on any atom is 0.188 e. The van der Waals surface area contributed by atoms with Crippen LogP contribution in [0.5, 0.6) is 0 Å². The van der Waals surface area contributed by atoms with Crippen molar-refractivity contribution in [1.29, 1.82) is 0 Å². The molecule has 88 valence electrons. The normalized spacial score (nSPS) is 14.4. The van der Waals surface area contributed by atoms with Crippen molar-refractivity contribution in [3.8, 4) is 0 Å². The molecule has 0 spiro atoms. The molecule has 0 radical (unpaired) electrons. The molecule has 2 rings (SSSR count). The van der Waals surface area contributed by atoms with Gasteiger partial charge in [0.1, 0.15) is 0 Å². The highest BCUT2D eigenvalue weighted by Gasteiger charge is 2.23. The average molecular weight is 246 g/mol. The van der Waals surface area contributed by atoms with Gasteiger partial charge in [0, 0.05) is 28.2 Å². The third-order valence-corrected chi connectivity index (χ3v) is 3.98. The van der Waals surface area contributed by atoms with Crippen molar-refractivity contribution in [2.24, 2.45) is 0 Å². The Morgan fingerprint density at radius 3 is 2.76 bits per heavy atom. The van der Waals surface area contributed by atoms with E-state index in [1.807, 2.05) is 13.0 Å². The second-order valence-electron chi connectivity index (χ2n) is 4.24. The molecule has 0 unspecified atom stereocenters. The highest BCUT2D eigenvalue weighted by Crippen LogP contribution is 2.33. The summed E-state index contributed by atoms with van der Waals surface area (Å²) < 4.78 is 0. The van der Waals surface area contributed by atoms with Crippen molar-refractivity contribution in [3.05, 3.63) is 41.0 Å². The van der Waals surface area contributed by atoms with Crippen LogP contribution in [0.2, 0.25) is 0 Å². The van der Waals surface area contributed by atoms with E-state index in [2.05, 4.69) is 6.58 Å². The number of thioether (sulfide) groups is 1. The van der Waals surface area contributed by atoms with E-state index < -0.39 is 0 Å². The quantitative estimate of drug-likeness (QED) is 0.592. The molecular weight excluding hydrogens is 232 g/mol.